The van der Waals surface area contributed by atoms with Crippen molar-refractivity contribution in [1.29, 1.82) is 5.26 Å². The van der Waals surface area contributed by atoms with Crippen LogP contribution in [0.2, 0.25) is 0 Å². The van der Waals surface area contributed by atoms with E-state index in [1.807, 2.05) is 12.1 Å². The molecule has 17 heavy (non-hydrogen) atoms. The molecule has 0 bridgehead atoms. The van der Waals surface area contributed by atoms with Crippen molar-refractivity contribution < 1.29 is 9.90 Å². The van der Waals surface area contributed by atoms with Crippen molar-refractivity contribution in [3.63, 3.8) is 0 Å². The molecule has 0 aromatic heterocycles. The van der Waals surface area contributed by atoms with Crippen molar-refractivity contribution in [2.45, 2.75) is 25.3 Å². The van der Waals surface area contributed by atoms with Gasteiger partial charge in [0.05, 0.1) is 17.2 Å². The van der Waals surface area contributed by atoms with E-state index in [4.69, 9.17) is 10.4 Å². The summed E-state index contributed by atoms with van der Waals surface area (Å²) in [5.74, 6) is -1.10. The Morgan fingerprint density at radius 1 is 1.41 bits per heavy atom. The standard InChI is InChI=1S/C13H14N2O2/c14-8-9-4-1-2-6-11(9)15-12-7-3-5-10(12)13(16)17/h1-2,4,6,10,12,15H,3,5,7H2,(H,16,17). The number of aliphatic carboxylic acids is 1. The highest BCUT2D eigenvalue weighted by Crippen LogP contribution is 2.29. The third kappa shape index (κ3) is 2.39. The topological polar surface area (TPSA) is 73.1 Å². The van der Waals surface area contributed by atoms with Crippen LogP contribution in [-0.4, -0.2) is 17.1 Å². The molecule has 2 atom stereocenters. The average Bonchev–Trinajstić information content (AvgIpc) is 2.78. The smallest absolute Gasteiger partial charge is 0.308 e. The number of rotatable bonds is 3. The lowest BCUT2D eigenvalue weighted by Crippen LogP contribution is -2.29. The molecule has 1 aromatic carbocycles. The number of benzene rings is 1. The summed E-state index contributed by atoms with van der Waals surface area (Å²) in [7, 11) is 0. The number of nitrogens with zero attached hydrogens (tertiary/aromatic N) is 1. The van der Waals surface area contributed by atoms with E-state index in [9.17, 15) is 4.79 Å². The quantitative estimate of drug-likeness (QED) is 0.835. The predicted octanol–water partition coefficient (Wildman–Crippen LogP) is 2.22. The van der Waals surface area contributed by atoms with Gasteiger partial charge < -0.3 is 10.4 Å². The Bertz CT molecular complexity index is 465. The van der Waals surface area contributed by atoms with Crippen molar-refractivity contribution in [3.8, 4) is 6.07 Å². The monoisotopic (exact) mass is 230 g/mol. The van der Waals surface area contributed by atoms with Gasteiger partial charge in [0.15, 0.2) is 0 Å². The maximum absolute atomic E-state index is 11.1. The van der Waals surface area contributed by atoms with Crippen LogP contribution in [0.3, 0.4) is 0 Å². The van der Waals surface area contributed by atoms with Gasteiger partial charge in [-0.25, -0.2) is 0 Å². The first kappa shape index (κ1) is 11.5. The Kier molecular flexibility index (Phi) is 3.29. The van der Waals surface area contributed by atoms with E-state index in [-0.39, 0.29) is 12.0 Å². The maximum Gasteiger partial charge on any atom is 0.308 e. The van der Waals surface area contributed by atoms with E-state index in [1.54, 1.807) is 12.1 Å². The Balaban J connectivity index is 2.15. The van der Waals surface area contributed by atoms with Crippen molar-refractivity contribution in [2.75, 3.05) is 5.32 Å². The minimum absolute atomic E-state index is 0.0676. The fraction of sp³-hybridized carbons (Fsp3) is 0.385. The lowest BCUT2D eigenvalue weighted by molar-refractivity contribution is -0.141. The summed E-state index contributed by atoms with van der Waals surface area (Å²) in [6.45, 7) is 0. The molecule has 1 aliphatic carbocycles. The van der Waals surface area contributed by atoms with Gasteiger partial charge >= 0.3 is 5.97 Å². The minimum atomic E-state index is -0.755. The normalized spacial score (nSPS) is 23.0. The minimum Gasteiger partial charge on any atom is -0.481 e. The summed E-state index contributed by atoms with van der Waals surface area (Å²) in [6, 6.07) is 9.22. The SMILES string of the molecule is N#Cc1ccccc1NC1CCCC1C(=O)O. The van der Waals surface area contributed by atoms with Crippen LogP contribution in [0.25, 0.3) is 0 Å². The molecule has 0 saturated heterocycles. The first-order valence-electron chi connectivity index (χ1n) is 5.71. The van der Waals surface area contributed by atoms with E-state index in [0.717, 1.165) is 18.5 Å². The average molecular weight is 230 g/mol. The molecule has 4 heteroatoms. The van der Waals surface area contributed by atoms with Crippen LogP contribution in [0.1, 0.15) is 24.8 Å². The van der Waals surface area contributed by atoms with E-state index in [2.05, 4.69) is 11.4 Å². The highest BCUT2D eigenvalue weighted by atomic mass is 16.4. The molecule has 2 N–H and O–H groups in total. The number of nitrogens with one attached hydrogen (secondary N) is 1. The summed E-state index contributed by atoms with van der Waals surface area (Å²) >= 11 is 0. The highest BCUT2D eigenvalue weighted by molar-refractivity contribution is 5.72. The number of hydrogen-bond donors (Lipinski definition) is 2. The summed E-state index contributed by atoms with van der Waals surface area (Å²) in [5.41, 5.74) is 1.29. The molecule has 0 radical (unpaired) electrons. The maximum atomic E-state index is 11.1. The Labute approximate surface area is 99.9 Å². The molecule has 2 unspecified atom stereocenters. The summed E-state index contributed by atoms with van der Waals surface area (Å²) in [6.07, 6.45) is 2.47. The van der Waals surface area contributed by atoms with Gasteiger partial charge in [0.2, 0.25) is 0 Å². The largest absolute Gasteiger partial charge is 0.481 e. The number of carboxylic acid groups (broad SMARTS) is 1. The zero-order valence-electron chi connectivity index (χ0n) is 9.39. The molecule has 0 aliphatic heterocycles. The van der Waals surface area contributed by atoms with Crippen LogP contribution in [0, 0.1) is 17.2 Å². The molecule has 4 nitrogen and oxygen atoms in total. The Morgan fingerprint density at radius 2 is 2.18 bits per heavy atom. The predicted molar refractivity (Wildman–Crippen MR) is 63.5 cm³/mol. The van der Waals surface area contributed by atoms with Gasteiger partial charge in [0, 0.05) is 6.04 Å². The second-order valence-electron chi connectivity index (χ2n) is 4.28. The van der Waals surface area contributed by atoms with Gasteiger partial charge in [-0.1, -0.05) is 18.6 Å². The van der Waals surface area contributed by atoms with E-state index < -0.39 is 5.97 Å². The lowest BCUT2D eigenvalue weighted by atomic mass is 10.0. The number of carbonyl (C=O) groups is 1. The molecule has 0 amide bonds. The fourth-order valence-electron chi connectivity index (χ4n) is 2.33. The third-order valence-electron chi connectivity index (χ3n) is 3.22. The first-order chi connectivity index (χ1) is 8.22. The van der Waals surface area contributed by atoms with Gasteiger partial charge in [-0.05, 0) is 25.0 Å². The van der Waals surface area contributed by atoms with Crippen molar-refractivity contribution in [3.05, 3.63) is 29.8 Å². The zero-order valence-corrected chi connectivity index (χ0v) is 9.39. The molecule has 88 valence electrons. The Hall–Kier alpha value is -2.02. The third-order valence-corrected chi connectivity index (χ3v) is 3.22. The molecule has 1 aliphatic rings. The number of carboxylic acids is 1. The van der Waals surface area contributed by atoms with Crippen molar-refractivity contribution in [1.82, 2.24) is 0 Å². The van der Waals surface area contributed by atoms with Gasteiger partial charge in [-0.2, -0.15) is 5.26 Å². The van der Waals surface area contributed by atoms with Crippen LogP contribution < -0.4 is 5.32 Å². The van der Waals surface area contributed by atoms with Gasteiger partial charge in [-0.15, -0.1) is 0 Å². The number of nitriles is 1. The first-order valence-corrected chi connectivity index (χ1v) is 5.71. The van der Waals surface area contributed by atoms with Crippen LogP contribution >= 0.6 is 0 Å². The highest BCUT2D eigenvalue weighted by Gasteiger charge is 2.32. The van der Waals surface area contributed by atoms with E-state index >= 15 is 0 Å². The van der Waals surface area contributed by atoms with E-state index in [1.165, 1.54) is 0 Å². The summed E-state index contributed by atoms with van der Waals surface area (Å²) in [4.78, 5) is 11.1. The molecule has 2 rings (SSSR count). The van der Waals surface area contributed by atoms with Gasteiger partial charge in [0.1, 0.15) is 6.07 Å². The van der Waals surface area contributed by atoms with Crippen LogP contribution in [0.15, 0.2) is 24.3 Å². The lowest BCUT2D eigenvalue weighted by Gasteiger charge is -2.19. The molecular weight excluding hydrogens is 216 g/mol. The second kappa shape index (κ2) is 4.88. The summed E-state index contributed by atoms with van der Waals surface area (Å²) in [5, 5.41) is 21.2. The molecular formula is C13H14N2O2. The Morgan fingerprint density at radius 3 is 2.88 bits per heavy atom. The van der Waals surface area contributed by atoms with Crippen molar-refractivity contribution >= 4 is 11.7 Å². The number of hydrogen-bond acceptors (Lipinski definition) is 3. The molecule has 1 fully saturated rings. The molecule has 1 saturated carbocycles. The number of para-hydroxylation sites is 1. The fourth-order valence-corrected chi connectivity index (χ4v) is 2.33. The number of anilines is 1. The molecule has 1 aromatic rings. The van der Waals surface area contributed by atoms with Crippen LogP contribution in [-0.2, 0) is 4.79 Å². The van der Waals surface area contributed by atoms with Gasteiger partial charge in [0.25, 0.3) is 0 Å². The second-order valence-corrected chi connectivity index (χ2v) is 4.28. The van der Waals surface area contributed by atoms with E-state index in [0.29, 0.717) is 12.0 Å². The van der Waals surface area contributed by atoms with Crippen LogP contribution in [0.5, 0.6) is 0 Å². The van der Waals surface area contributed by atoms with Gasteiger partial charge in [-0.3, -0.25) is 4.79 Å². The summed E-state index contributed by atoms with van der Waals surface area (Å²) < 4.78 is 0. The molecule has 0 heterocycles. The van der Waals surface area contributed by atoms with Crippen LogP contribution in [0.4, 0.5) is 5.69 Å². The molecule has 0 spiro atoms. The zero-order chi connectivity index (χ0) is 12.3. The van der Waals surface area contributed by atoms with Crippen molar-refractivity contribution in [2.24, 2.45) is 5.92 Å².